The highest BCUT2D eigenvalue weighted by atomic mass is 32.2. The topological polar surface area (TPSA) is 88.2 Å². The van der Waals surface area contributed by atoms with Crippen LogP contribution in [0.25, 0.3) is 0 Å². The monoisotopic (exact) mass is 465 g/mol. The van der Waals surface area contributed by atoms with Crippen molar-refractivity contribution >= 4 is 16.3 Å². The predicted molar refractivity (Wildman–Crippen MR) is 122 cm³/mol. The van der Waals surface area contributed by atoms with Gasteiger partial charge >= 0.3 is 6.09 Å². The van der Waals surface area contributed by atoms with Gasteiger partial charge in [0.05, 0.1) is 25.4 Å². The molecule has 9 heteroatoms. The molecule has 0 radical (unpaired) electrons. The minimum Gasteiger partial charge on any atom is -0.449 e. The molecule has 4 aliphatic rings. The SMILES string of the molecule is CN(C)S(=O)(=O)NC1CCCN2C(=O)OCCc3ccccc3C3CCC(CC3)OCC12. The third-order valence-electron chi connectivity index (χ3n) is 7.06. The van der Waals surface area contributed by atoms with Crippen molar-refractivity contribution in [3.05, 3.63) is 35.4 Å². The second-order valence-electron chi connectivity index (χ2n) is 9.28. The molecule has 2 unspecified atom stereocenters. The number of benzene rings is 1. The van der Waals surface area contributed by atoms with E-state index in [1.807, 2.05) is 6.07 Å². The first-order valence-electron chi connectivity index (χ1n) is 11.7. The number of carbonyl (C=O) groups is 1. The number of piperidine rings is 1. The molecule has 2 bridgehead atoms. The fraction of sp³-hybridized carbons (Fsp3) is 0.696. The van der Waals surface area contributed by atoms with E-state index in [1.54, 1.807) is 4.90 Å². The Hall–Kier alpha value is -1.68. The van der Waals surface area contributed by atoms with Crippen molar-refractivity contribution in [1.82, 2.24) is 13.9 Å². The van der Waals surface area contributed by atoms with Crippen LogP contribution in [0.1, 0.15) is 55.6 Å². The first kappa shape index (κ1) is 23.5. The molecule has 1 amide bonds. The summed E-state index contributed by atoms with van der Waals surface area (Å²) in [6.45, 7) is 1.15. The summed E-state index contributed by atoms with van der Waals surface area (Å²) in [5, 5.41) is 0. The maximum Gasteiger partial charge on any atom is 0.410 e. The zero-order valence-corrected chi connectivity index (χ0v) is 19.9. The smallest absolute Gasteiger partial charge is 0.410 e. The van der Waals surface area contributed by atoms with E-state index in [2.05, 4.69) is 22.9 Å². The first-order chi connectivity index (χ1) is 15.3. The highest BCUT2D eigenvalue weighted by molar-refractivity contribution is 7.87. The summed E-state index contributed by atoms with van der Waals surface area (Å²) in [5.41, 5.74) is 2.61. The lowest BCUT2D eigenvalue weighted by Crippen LogP contribution is -2.60. The molecule has 3 aliphatic heterocycles. The van der Waals surface area contributed by atoms with Gasteiger partial charge in [-0.15, -0.1) is 0 Å². The number of nitrogens with zero attached hydrogens (tertiary/aromatic N) is 2. The standard InChI is InChI=1S/C23H35N3O5S/c1-25(2)32(28,29)24-21-8-5-14-26-22(21)16-31-19-11-9-18(10-12-19)20-7-4-3-6-17(20)13-15-30-23(26)27/h3-4,6-7,18-19,21-22,24H,5,8-16H2,1-2H3. The van der Waals surface area contributed by atoms with E-state index < -0.39 is 22.3 Å². The van der Waals surface area contributed by atoms with Gasteiger partial charge < -0.3 is 14.4 Å². The van der Waals surface area contributed by atoms with Crippen LogP contribution in [0.5, 0.6) is 0 Å². The summed E-state index contributed by atoms with van der Waals surface area (Å²) in [5.74, 6) is 0.510. The van der Waals surface area contributed by atoms with E-state index in [4.69, 9.17) is 9.47 Å². The number of fused-ring (bicyclic) bond motifs is 6. The summed E-state index contributed by atoms with van der Waals surface area (Å²) in [6, 6.07) is 7.67. The van der Waals surface area contributed by atoms with Gasteiger partial charge in [0.1, 0.15) is 0 Å². The van der Waals surface area contributed by atoms with Crippen molar-refractivity contribution in [2.45, 2.75) is 69.1 Å². The lowest BCUT2D eigenvalue weighted by Gasteiger charge is -2.42. The summed E-state index contributed by atoms with van der Waals surface area (Å²) >= 11 is 0. The molecule has 1 N–H and O–H groups in total. The van der Waals surface area contributed by atoms with Crippen LogP contribution in [0, 0.1) is 0 Å². The minimum atomic E-state index is -3.62. The average molecular weight is 466 g/mol. The molecule has 0 aromatic heterocycles. The number of ether oxygens (including phenoxy) is 2. The third-order valence-corrected chi connectivity index (χ3v) is 8.63. The molecule has 0 spiro atoms. The number of rotatable bonds is 3. The van der Waals surface area contributed by atoms with Crippen molar-refractivity contribution in [3.63, 3.8) is 0 Å². The Morgan fingerprint density at radius 3 is 2.59 bits per heavy atom. The van der Waals surface area contributed by atoms with Crippen LogP contribution >= 0.6 is 0 Å². The van der Waals surface area contributed by atoms with Crippen molar-refractivity contribution in [2.75, 3.05) is 33.9 Å². The van der Waals surface area contributed by atoms with E-state index in [0.29, 0.717) is 44.9 Å². The number of hydrogen-bond donors (Lipinski definition) is 1. The fourth-order valence-corrected chi connectivity index (χ4v) is 6.06. The van der Waals surface area contributed by atoms with Gasteiger partial charge in [0.2, 0.25) is 0 Å². The molecule has 32 heavy (non-hydrogen) atoms. The van der Waals surface area contributed by atoms with E-state index in [9.17, 15) is 13.2 Å². The zero-order valence-electron chi connectivity index (χ0n) is 19.0. The van der Waals surface area contributed by atoms with Gasteiger partial charge in [0.25, 0.3) is 10.2 Å². The summed E-state index contributed by atoms with van der Waals surface area (Å²) in [4.78, 5) is 14.7. The van der Waals surface area contributed by atoms with Crippen molar-refractivity contribution in [1.29, 1.82) is 0 Å². The molecule has 178 valence electrons. The number of carbonyl (C=O) groups excluding carboxylic acids is 1. The van der Waals surface area contributed by atoms with Crippen LogP contribution in [0.2, 0.25) is 0 Å². The molecule has 1 aromatic carbocycles. The Kier molecular flexibility index (Phi) is 7.39. The second-order valence-corrected chi connectivity index (χ2v) is 11.2. The summed E-state index contributed by atoms with van der Waals surface area (Å²) in [7, 11) is -0.628. The number of hydrogen-bond acceptors (Lipinski definition) is 5. The fourth-order valence-electron chi connectivity index (χ4n) is 5.19. The molecule has 8 nitrogen and oxygen atoms in total. The van der Waals surface area contributed by atoms with Gasteiger partial charge in [-0.25, -0.2) is 4.79 Å². The molecule has 2 fully saturated rings. The number of amides is 1. The summed E-state index contributed by atoms with van der Waals surface area (Å²) in [6.07, 6.45) is 5.89. The first-order valence-corrected chi connectivity index (χ1v) is 13.1. The molecule has 1 saturated heterocycles. The van der Waals surface area contributed by atoms with Gasteiger partial charge in [0.15, 0.2) is 0 Å². The zero-order chi connectivity index (χ0) is 22.7. The van der Waals surface area contributed by atoms with E-state index >= 15 is 0 Å². The second kappa shape index (κ2) is 10.1. The molecular formula is C23H35N3O5S. The Labute approximate surface area is 191 Å². The molecule has 1 aliphatic carbocycles. The Balaban J connectivity index is 1.56. The molecule has 1 aromatic rings. The van der Waals surface area contributed by atoms with Crippen LogP contribution in [0.3, 0.4) is 0 Å². The Morgan fingerprint density at radius 2 is 1.84 bits per heavy atom. The van der Waals surface area contributed by atoms with E-state index in [0.717, 1.165) is 30.0 Å². The van der Waals surface area contributed by atoms with Gasteiger partial charge in [-0.05, 0) is 55.6 Å². The normalized spacial score (nSPS) is 29.7. The molecular weight excluding hydrogens is 430 g/mol. The Morgan fingerprint density at radius 1 is 1.09 bits per heavy atom. The summed E-state index contributed by atoms with van der Waals surface area (Å²) < 4.78 is 40.9. The van der Waals surface area contributed by atoms with E-state index in [-0.39, 0.29) is 12.1 Å². The maximum atomic E-state index is 13.0. The van der Waals surface area contributed by atoms with Crippen molar-refractivity contribution in [2.24, 2.45) is 0 Å². The van der Waals surface area contributed by atoms with Crippen LogP contribution in [0.4, 0.5) is 4.79 Å². The maximum absolute atomic E-state index is 13.0. The largest absolute Gasteiger partial charge is 0.449 e. The number of nitrogens with one attached hydrogen (secondary N) is 1. The van der Waals surface area contributed by atoms with Crippen molar-refractivity contribution in [3.8, 4) is 0 Å². The Bertz CT molecular complexity index is 899. The molecule has 2 atom stereocenters. The third kappa shape index (κ3) is 5.27. The highest BCUT2D eigenvalue weighted by Crippen LogP contribution is 2.36. The van der Waals surface area contributed by atoms with Gasteiger partial charge in [-0.3, -0.25) is 0 Å². The molecule has 5 rings (SSSR count). The van der Waals surface area contributed by atoms with Gasteiger partial charge in [0, 0.05) is 33.1 Å². The van der Waals surface area contributed by atoms with Gasteiger partial charge in [-0.1, -0.05) is 24.3 Å². The van der Waals surface area contributed by atoms with Crippen LogP contribution in [0.15, 0.2) is 24.3 Å². The predicted octanol–water partition coefficient (Wildman–Crippen LogP) is 2.65. The lowest BCUT2D eigenvalue weighted by atomic mass is 9.80. The minimum absolute atomic E-state index is 0.132. The lowest BCUT2D eigenvalue weighted by molar-refractivity contribution is -0.0271. The van der Waals surface area contributed by atoms with Crippen LogP contribution in [-0.4, -0.2) is 75.8 Å². The quantitative estimate of drug-likeness (QED) is 0.742. The van der Waals surface area contributed by atoms with Gasteiger partial charge in [-0.2, -0.15) is 17.4 Å². The van der Waals surface area contributed by atoms with Crippen molar-refractivity contribution < 1.29 is 22.7 Å². The van der Waals surface area contributed by atoms with Crippen LogP contribution < -0.4 is 4.72 Å². The highest BCUT2D eigenvalue weighted by Gasteiger charge is 2.39. The average Bonchev–Trinajstić information content (AvgIpc) is 2.78. The van der Waals surface area contributed by atoms with Crippen LogP contribution in [-0.2, 0) is 26.1 Å². The van der Waals surface area contributed by atoms with E-state index in [1.165, 1.54) is 25.2 Å². The molecule has 1 saturated carbocycles. The molecule has 3 heterocycles.